The lowest BCUT2D eigenvalue weighted by Crippen LogP contribution is -3.30. The van der Waals surface area contributed by atoms with Crippen molar-refractivity contribution in [2.45, 2.75) is 58.0 Å². The van der Waals surface area contributed by atoms with Crippen molar-refractivity contribution < 1.29 is 19.4 Å². The molecule has 2 fully saturated rings. The van der Waals surface area contributed by atoms with E-state index in [1.165, 1.54) is 28.2 Å². The van der Waals surface area contributed by atoms with Gasteiger partial charge in [-0.15, -0.1) is 0 Å². The largest absolute Gasteiger partial charge is 0.348 e. The molecular weight excluding hydrogens is 352 g/mol. The van der Waals surface area contributed by atoms with Crippen molar-refractivity contribution in [3.63, 3.8) is 0 Å². The predicted molar refractivity (Wildman–Crippen MR) is 111 cm³/mol. The zero-order valence-electron chi connectivity index (χ0n) is 17.4. The lowest BCUT2D eigenvalue weighted by Gasteiger charge is -2.32. The number of benzene rings is 1. The van der Waals surface area contributed by atoms with E-state index in [0.717, 1.165) is 51.1 Å². The molecule has 154 valence electrons. The summed E-state index contributed by atoms with van der Waals surface area (Å²) in [6.07, 6.45) is 5.63. The Hall–Kier alpha value is -1.92. The summed E-state index contributed by atoms with van der Waals surface area (Å²) in [5.41, 5.74) is 2.10. The van der Waals surface area contributed by atoms with Gasteiger partial charge in [-0.05, 0) is 37.8 Å². The fourth-order valence-corrected chi connectivity index (χ4v) is 4.49. The molecule has 1 aromatic rings. The van der Waals surface area contributed by atoms with Crippen molar-refractivity contribution in [2.75, 3.05) is 38.0 Å². The number of hydrogen-bond acceptors (Lipinski definition) is 2. The number of carbonyl (C=O) groups is 2. The standard InChI is InChI=1S/C22H34N4O2/c1-3-18-8-4-7-11-20(18)24-21(27)16-25-12-14-26(15-13-25)17(2)22(28)23-19-9-5-6-10-19/h4,7-8,11,17,19H,3,5-6,9-10,12-16H2,1-2H3,(H,23,28)(H,24,27)/p+2/t17-/m1/s1. The van der Waals surface area contributed by atoms with Crippen molar-refractivity contribution in [1.82, 2.24) is 5.32 Å². The Kier molecular flexibility index (Phi) is 7.45. The molecule has 0 unspecified atom stereocenters. The molecule has 2 aliphatic rings. The van der Waals surface area contributed by atoms with E-state index in [0.29, 0.717) is 12.6 Å². The molecule has 3 rings (SSSR count). The van der Waals surface area contributed by atoms with Gasteiger partial charge in [-0.25, -0.2) is 0 Å². The smallest absolute Gasteiger partial charge is 0.279 e. The monoisotopic (exact) mass is 388 g/mol. The van der Waals surface area contributed by atoms with Crippen molar-refractivity contribution in [1.29, 1.82) is 0 Å². The van der Waals surface area contributed by atoms with Gasteiger partial charge in [-0.3, -0.25) is 9.59 Å². The molecule has 6 heteroatoms. The molecule has 0 radical (unpaired) electrons. The van der Waals surface area contributed by atoms with Crippen LogP contribution in [-0.4, -0.2) is 56.6 Å². The quantitative estimate of drug-likeness (QED) is 0.505. The van der Waals surface area contributed by atoms with Crippen LogP contribution in [-0.2, 0) is 16.0 Å². The first kappa shape index (κ1) is 20.8. The molecule has 0 spiro atoms. The van der Waals surface area contributed by atoms with Gasteiger partial charge >= 0.3 is 0 Å². The molecule has 1 aromatic carbocycles. The predicted octanol–water partition coefficient (Wildman–Crippen LogP) is -0.582. The van der Waals surface area contributed by atoms with Crippen LogP contribution in [0.2, 0.25) is 0 Å². The Morgan fingerprint density at radius 2 is 1.79 bits per heavy atom. The molecule has 1 aliphatic carbocycles. The van der Waals surface area contributed by atoms with Crippen LogP contribution in [0.1, 0.15) is 45.1 Å². The summed E-state index contributed by atoms with van der Waals surface area (Å²) in [6.45, 7) is 8.37. The van der Waals surface area contributed by atoms with Crippen LogP contribution in [0.4, 0.5) is 5.69 Å². The maximum absolute atomic E-state index is 12.5. The number of amides is 2. The molecular formula is C22H36N4O2+2. The normalized spacial score (nSPS) is 23.9. The Balaban J connectivity index is 1.42. The molecule has 1 saturated heterocycles. The fourth-order valence-electron chi connectivity index (χ4n) is 4.49. The molecule has 0 bridgehead atoms. The number of carbonyl (C=O) groups excluding carboxylic acids is 2. The van der Waals surface area contributed by atoms with Crippen LogP contribution in [0.5, 0.6) is 0 Å². The number of piperazine rings is 1. The van der Waals surface area contributed by atoms with Crippen LogP contribution in [0.25, 0.3) is 0 Å². The maximum atomic E-state index is 12.5. The summed E-state index contributed by atoms with van der Waals surface area (Å²) >= 11 is 0. The summed E-state index contributed by atoms with van der Waals surface area (Å²) in [5, 5.41) is 6.30. The molecule has 6 nitrogen and oxygen atoms in total. The summed E-state index contributed by atoms with van der Waals surface area (Å²) in [5.74, 6) is 0.269. The topological polar surface area (TPSA) is 67.1 Å². The number of quaternary nitrogens is 2. The van der Waals surface area contributed by atoms with E-state index in [4.69, 9.17) is 0 Å². The number of hydrogen-bond donors (Lipinski definition) is 4. The highest BCUT2D eigenvalue weighted by Crippen LogP contribution is 2.17. The zero-order valence-corrected chi connectivity index (χ0v) is 17.4. The second-order valence-electron chi connectivity index (χ2n) is 8.36. The minimum atomic E-state index is -0.00703. The summed E-state index contributed by atoms with van der Waals surface area (Å²) in [7, 11) is 0. The van der Waals surface area contributed by atoms with E-state index in [-0.39, 0.29) is 17.9 Å². The number of rotatable bonds is 7. The zero-order chi connectivity index (χ0) is 19.9. The lowest BCUT2D eigenvalue weighted by atomic mass is 10.1. The first-order valence-corrected chi connectivity index (χ1v) is 10.9. The highest BCUT2D eigenvalue weighted by molar-refractivity contribution is 5.92. The fraction of sp³-hybridized carbons (Fsp3) is 0.636. The SMILES string of the molecule is CCc1ccccc1NC(=O)C[NH+]1CC[NH+]([C@H](C)C(=O)NC2CCCC2)CC1. The summed E-state index contributed by atoms with van der Waals surface area (Å²) in [4.78, 5) is 27.6. The van der Waals surface area contributed by atoms with E-state index in [9.17, 15) is 9.59 Å². The van der Waals surface area contributed by atoms with Crippen LogP contribution < -0.4 is 20.4 Å². The van der Waals surface area contributed by atoms with E-state index < -0.39 is 0 Å². The van der Waals surface area contributed by atoms with Gasteiger partial charge in [0.2, 0.25) is 0 Å². The second-order valence-corrected chi connectivity index (χ2v) is 8.36. The van der Waals surface area contributed by atoms with E-state index in [1.54, 1.807) is 0 Å². The van der Waals surface area contributed by atoms with Crippen LogP contribution >= 0.6 is 0 Å². The first-order chi connectivity index (χ1) is 13.6. The highest BCUT2D eigenvalue weighted by atomic mass is 16.2. The molecule has 1 atom stereocenters. The van der Waals surface area contributed by atoms with E-state index >= 15 is 0 Å². The summed E-state index contributed by atoms with van der Waals surface area (Å²) < 4.78 is 0. The van der Waals surface area contributed by atoms with Crippen molar-refractivity contribution in [3.8, 4) is 0 Å². The Bertz CT molecular complexity index is 664. The number of nitrogens with one attached hydrogen (secondary N) is 4. The number of para-hydroxylation sites is 1. The van der Waals surface area contributed by atoms with Crippen molar-refractivity contribution in [2.24, 2.45) is 0 Å². The number of anilines is 1. The van der Waals surface area contributed by atoms with Crippen LogP contribution in [0.15, 0.2) is 24.3 Å². The maximum Gasteiger partial charge on any atom is 0.279 e. The average Bonchev–Trinajstić information content (AvgIpc) is 3.21. The van der Waals surface area contributed by atoms with Crippen LogP contribution in [0.3, 0.4) is 0 Å². The molecule has 2 amide bonds. The van der Waals surface area contributed by atoms with Gasteiger partial charge in [0, 0.05) is 11.7 Å². The molecule has 0 aromatic heterocycles. The Labute approximate surface area is 168 Å². The van der Waals surface area contributed by atoms with Gasteiger partial charge in [0.25, 0.3) is 11.8 Å². The molecule has 4 N–H and O–H groups in total. The Morgan fingerprint density at radius 3 is 2.46 bits per heavy atom. The van der Waals surface area contributed by atoms with Gasteiger partial charge < -0.3 is 20.4 Å². The van der Waals surface area contributed by atoms with Gasteiger partial charge in [-0.2, -0.15) is 0 Å². The Morgan fingerprint density at radius 1 is 1.11 bits per heavy atom. The second kappa shape index (κ2) is 10.0. The minimum absolute atomic E-state index is 0.00703. The first-order valence-electron chi connectivity index (χ1n) is 10.9. The van der Waals surface area contributed by atoms with E-state index in [2.05, 4.69) is 23.6 Å². The van der Waals surface area contributed by atoms with Gasteiger partial charge in [0.05, 0.1) is 0 Å². The third kappa shape index (κ3) is 5.55. The van der Waals surface area contributed by atoms with Gasteiger partial charge in [0.15, 0.2) is 12.6 Å². The minimum Gasteiger partial charge on any atom is -0.348 e. The van der Waals surface area contributed by atoms with Gasteiger partial charge in [0.1, 0.15) is 26.2 Å². The van der Waals surface area contributed by atoms with Crippen LogP contribution in [0, 0.1) is 0 Å². The third-order valence-corrected chi connectivity index (χ3v) is 6.39. The lowest BCUT2D eigenvalue weighted by molar-refractivity contribution is -1.01. The van der Waals surface area contributed by atoms with Crippen molar-refractivity contribution in [3.05, 3.63) is 29.8 Å². The highest BCUT2D eigenvalue weighted by Gasteiger charge is 2.32. The molecule has 1 saturated carbocycles. The molecule has 1 heterocycles. The number of aryl methyl sites for hydroxylation is 1. The summed E-state index contributed by atoms with van der Waals surface area (Å²) in [6, 6.07) is 8.37. The van der Waals surface area contributed by atoms with Crippen molar-refractivity contribution >= 4 is 17.5 Å². The van der Waals surface area contributed by atoms with Gasteiger partial charge in [-0.1, -0.05) is 38.0 Å². The van der Waals surface area contributed by atoms with E-state index in [1.807, 2.05) is 25.1 Å². The molecule has 28 heavy (non-hydrogen) atoms. The third-order valence-electron chi connectivity index (χ3n) is 6.39. The average molecular weight is 389 g/mol. The molecule has 1 aliphatic heterocycles.